The zero-order chi connectivity index (χ0) is 13.5. The Morgan fingerprint density at radius 1 is 1.39 bits per heavy atom. The quantitative estimate of drug-likeness (QED) is 0.480. The number of hydrogen-bond donors (Lipinski definition) is 2. The van der Waals surface area contributed by atoms with E-state index in [1.807, 2.05) is 0 Å². The largest absolute Gasteiger partial charge is 0.476 e. The van der Waals surface area contributed by atoms with Gasteiger partial charge in [-0.15, -0.1) is 0 Å². The summed E-state index contributed by atoms with van der Waals surface area (Å²) >= 11 is 0. The molecule has 9 nitrogen and oxygen atoms in total. The Bertz CT molecular complexity index is 408. The predicted octanol–water partition coefficient (Wildman–Crippen LogP) is -0.816. The van der Waals surface area contributed by atoms with Crippen molar-refractivity contribution in [2.45, 2.75) is 0 Å². The van der Waals surface area contributed by atoms with E-state index in [1.165, 1.54) is 12.0 Å². The summed E-state index contributed by atoms with van der Waals surface area (Å²) in [6.45, 7) is -0.212. The highest BCUT2D eigenvalue weighted by molar-refractivity contribution is 5.62. The van der Waals surface area contributed by atoms with Gasteiger partial charge in [-0.1, -0.05) is 0 Å². The molecule has 100 valence electrons. The van der Waals surface area contributed by atoms with E-state index in [1.54, 1.807) is 0 Å². The fraction of sp³-hybridized carbons (Fsp3) is 0.556. The molecule has 0 aromatic carbocycles. The Kier molecular flexibility index (Phi) is 5.21. The van der Waals surface area contributed by atoms with Crippen LogP contribution in [-0.4, -0.2) is 58.5 Å². The first kappa shape index (κ1) is 14.1. The van der Waals surface area contributed by atoms with Crippen molar-refractivity contribution in [3.8, 4) is 5.88 Å². The van der Waals surface area contributed by atoms with Crippen molar-refractivity contribution in [1.82, 2.24) is 9.97 Å². The molecule has 0 spiro atoms. The maximum absolute atomic E-state index is 11.0. The second kappa shape index (κ2) is 6.67. The average Bonchev–Trinajstić information content (AvgIpc) is 2.37. The summed E-state index contributed by atoms with van der Waals surface area (Å²) in [5, 5.41) is 28.8. The standard InChI is InChI=1S/C9H14N4O5/c1-18-9-7(13(16)17)8(10-6-11-9)12(2-4-14)3-5-15/h6,14-15H,2-5H2,1H3. The van der Waals surface area contributed by atoms with Gasteiger partial charge in [-0.2, -0.15) is 4.98 Å². The fourth-order valence-electron chi connectivity index (χ4n) is 1.46. The van der Waals surface area contributed by atoms with Crippen LogP contribution < -0.4 is 9.64 Å². The number of aliphatic hydroxyl groups excluding tert-OH is 2. The lowest BCUT2D eigenvalue weighted by Crippen LogP contribution is -2.31. The van der Waals surface area contributed by atoms with Gasteiger partial charge in [0.05, 0.1) is 25.2 Å². The van der Waals surface area contributed by atoms with Crippen LogP contribution in [0.25, 0.3) is 0 Å². The maximum Gasteiger partial charge on any atom is 0.372 e. The molecule has 0 atom stereocenters. The third kappa shape index (κ3) is 3.02. The minimum absolute atomic E-state index is 0.00921. The van der Waals surface area contributed by atoms with Crippen molar-refractivity contribution < 1.29 is 19.9 Å². The van der Waals surface area contributed by atoms with Gasteiger partial charge in [-0.3, -0.25) is 10.1 Å². The highest BCUT2D eigenvalue weighted by Gasteiger charge is 2.27. The second-order valence-electron chi connectivity index (χ2n) is 3.25. The summed E-state index contributed by atoms with van der Waals surface area (Å²) in [5.41, 5.74) is -0.387. The summed E-state index contributed by atoms with van der Waals surface area (Å²) < 4.78 is 4.81. The predicted molar refractivity (Wildman–Crippen MR) is 61.6 cm³/mol. The topological polar surface area (TPSA) is 122 Å². The van der Waals surface area contributed by atoms with Crippen LogP contribution >= 0.6 is 0 Å². The van der Waals surface area contributed by atoms with Gasteiger partial charge in [0, 0.05) is 13.1 Å². The normalized spacial score (nSPS) is 10.2. The van der Waals surface area contributed by atoms with Crippen molar-refractivity contribution in [3.63, 3.8) is 0 Å². The number of nitrogens with zero attached hydrogens (tertiary/aromatic N) is 4. The fourth-order valence-corrected chi connectivity index (χ4v) is 1.46. The first-order valence-corrected chi connectivity index (χ1v) is 5.15. The number of aliphatic hydroxyl groups is 2. The summed E-state index contributed by atoms with van der Waals surface area (Å²) in [6.07, 6.45) is 1.13. The summed E-state index contributed by atoms with van der Waals surface area (Å²) in [7, 11) is 1.27. The molecule has 0 saturated carbocycles. The molecule has 0 bridgehead atoms. The molecule has 0 amide bonds. The van der Waals surface area contributed by atoms with E-state index in [-0.39, 0.29) is 43.7 Å². The Labute approximate surface area is 103 Å². The van der Waals surface area contributed by atoms with E-state index >= 15 is 0 Å². The van der Waals surface area contributed by atoms with Crippen molar-refractivity contribution in [2.75, 3.05) is 38.3 Å². The lowest BCUT2D eigenvalue weighted by atomic mass is 10.4. The molecular weight excluding hydrogens is 244 g/mol. The number of rotatable bonds is 7. The first-order valence-electron chi connectivity index (χ1n) is 5.15. The van der Waals surface area contributed by atoms with Crippen LogP contribution in [0.15, 0.2) is 6.33 Å². The van der Waals surface area contributed by atoms with Gasteiger partial charge in [0.15, 0.2) is 0 Å². The van der Waals surface area contributed by atoms with E-state index in [0.717, 1.165) is 6.33 Å². The second-order valence-corrected chi connectivity index (χ2v) is 3.25. The highest BCUT2D eigenvalue weighted by atomic mass is 16.6. The smallest absolute Gasteiger partial charge is 0.372 e. The van der Waals surface area contributed by atoms with Crippen LogP contribution in [0.4, 0.5) is 11.5 Å². The molecule has 0 aliphatic rings. The van der Waals surface area contributed by atoms with Crippen molar-refractivity contribution in [3.05, 3.63) is 16.4 Å². The Balaban J connectivity index is 3.23. The zero-order valence-electron chi connectivity index (χ0n) is 9.81. The first-order chi connectivity index (χ1) is 8.65. The van der Waals surface area contributed by atoms with Gasteiger partial charge >= 0.3 is 5.69 Å². The molecule has 0 saturated heterocycles. The number of aromatic nitrogens is 2. The average molecular weight is 258 g/mol. The minimum atomic E-state index is -0.657. The molecule has 1 aromatic rings. The molecule has 0 aliphatic heterocycles. The van der Waals surface area contributed by atoms with Crippen LogP contribution in [0.3, 0.4) is 0 Å². The van der Waals surface area contributed by atoms with Crippen molar-refractivity contribution >= 4 is 11.5 Å². The van der Waals surface area contributed by atoms with Crippen LogP contribution in [0.2, 0.25) is 0 Å². The summed E-state index contributed by atoms with van der Waals surface area (Å²) in [6, 6.07) is 0. The van der Waals surface area contributed by atoms with Crippen LogP contribution in [0.5, 0.6) is 5.88 Å². The molecule has 18 heavy (non-hydrogen) atoms. The third-order valence-corrected chi connectivity index (χ3v) is 2.18. The number of methoxy groups -OCH3 is 1. The van der Waals surface area contributed by atoms with E-state index in [0.29, 0.717) is 0 Å². The number of nitro groups is 1. The number of hydrogen-bond acceptors (Lipinski definition) is 8. The molecule has 0 fully saturated rings. The van der Waals surface area contributed by atoms with E-state index in [2.05, 4.69) is 9.97 Å². The van der Waals surface area contributed by atoms with Gasteiger partial charge in [0.25, 0.3) is 5.88 Å². The molecule has 0 radical (unpaired) electrons. The lowest BCUT2D eigenvalue weighted by Gasteiger charge is -2.21. The molecule has 1 aromatic heterocycles. The van der Waals surface area contributed by atoms with Gasteiger partial charge in [-0.25, -0.2) is 4.98 Å². The van der Waals surface area contributed by atoms with Crippen molar-refractivity contribution in [1.29, 1.82) is 0 Å². The lowest BCUT2D eigenvalue weighted by molar-refractivity contribution is -0.385. The SMILES string of the molecule is COc1ncnc(N(CCO)CCO)c1[N+](=O)[O-]. The van der Waals surface area contributed by atoms with E-state index in [9.17, 15) is 10.1 Å². The van der Waals surface area contributed by atoms with Crippen molar-refractivity contribution in [2.24, 2.45) is 0 Å². The Hall–Kier alpha value is -2.00. The molecular formula is C9H14N4O5. The van der Waals surface area contributed by atoms with Crippen LogP contribution in [-0.2, 0) is 0 Å². The molecule has 0 unspecified atom stereocenters. The molecule has 1 heterocycles. The highest BCUT2D eigenvalue weighted by Crippen LogP contribution is 2.32. The Morgan fingerprint density at radius 2 is 2.00 bits per heavy atom. The molecule has 0 aliphatic carbocycles. The van der Waals surface area contributed by atoms with E-state index < -0.39 is 4.92 Å². The number of anilines is 1. The monoisotopic (exact) mass is 258 g/mol. The Morgan fingerprint density at radius 3 is 2.44 bits per heavy atom. The van der Waals surface area contributed by atoms with Crippen LogP contribution in [0.1, 0.15) is 0 Å². The third-order valence-electron chi connectivity index (χ3n) is 2.18. The van der Waals surface area contributed by atoms with Gasteiger partial charge in [0.1, 0.15) is 6.33 Å². The summed E-state index contributed by atoms with van der Waals surface area (Å²) in [4.78, 5) is 19.2. The summed E-state index contributed by atoms with van der Waals surface area (Å²) in [5.74, 6) is -0.152. The minimum Gasteiger partial charge on any atom is -0.476 e. The molecule has 1 rings (SSSR count). The number of ether oxygens (including phenoxy) is 1. The maximum atomic E-state index is 11.0. The van der Waals surface area contributed by atoms with Gasteiger partial charge in [-0.05, 0) is 0 Å². The zero-order valence-corrected chi connectivity index (χ0v) is 9.81. The van der Waals surface area contributed by atoms with Gasteiger partial charge in [0.2, 0.25) is 5.82 Å². The van der Waals surface area contributed by atoms with E-state index in [4.69, 9.17) is 14.9 Å². The van der Waals surface area contributed by atoms with Crippen LogP contribution in [0, 0.1) is 10.1 Å². The van der Waals surface area contributed by atoms with Gasteiger partial charge < -0.3 is 19.8 Å². The molecule has 9 heteroatoms. The molecule has 2 N–H and O–H groups in total.